The molecule has 0 saturated heterocycles. The molecule has 0 aromatic heterocycles. The van der Waals surface area contributed by atoms with Gasteiger partial charge in [-0.3, -0.25) is 0 Å². The van der Waals surface area contributed by atoms with Gasteiger partial charge in [-0.2, -0.15) is 0 Å². The van der Waals surface area contributed by atoms with Crippen LogP contribution >= 0.6 is 0 Å². The third-order valence-electron chi connectivity index (χ3n) is 3.50. The van der Waals surface area contributed by atoms with Gasteiger partial charge in [-0.1, -0.05) is 27.7 Å². The maximum absolute atomic E-state index is 9.50. The van der Waals surface area contributed by atoms with Crippen LogP contribution in [0.1, 0.15) is 47.5 Å². The monoisotopic (exact) mass is 244 g/mol. The minimum atomic E-state index is -0.114. The molecule has 0 bridgehead atoms. The van der Waals surface area contributed by atoms with E-state index in [1.165, 1.54) is 0 Å². The smallest absolute Gasteiger partial charge is 0.0610 e. The maximum atomic E-state index is 9.50. The van der Waals surface area contributed by atoms with Crippen molar-refractivity contribution in [1.82, 2.24) is 10.2 Å². The molecule has 0 amide bonds. The van der Waals surface area contributed by atoms with Gasteiger partial charge >= 0.3 is 0 Å². The Bertz CT molecular complexity index is 181. The summed E-state index contributed by atoms with van der Waals surface area (Å²) in [5, 5.41) is 13.0. The second-order valence-electron chi connectivity index (χ2n) is 5.60. The molecule has 3 nitrogen and oxygen atoms in total. The Hall–Kier alpha value is -0.120. The zero-order valence-corrected chi connectivity index (χ0v) is 12.4. The van der Waals surface area contributed by atoms with Gasteiger partial charge in [0.05, 0.1) is 6.61 Å². The zero-order chi connectivity index (χ0) is 13.3. The van der Waals surface area contributed by atoms with E-state index < -0.39 is 0 Å². The van der Waals surface area contributed by atoms with E-state index in [4.69, 9.17) is 0 Å². The second kappa shape index (κ2) is 8.90. The van der Waals surface area contributed by atoms with Crippen molar-refractivity contribution in [1.29, 1.82) is 0 Å². The maximum Gasteiger partial charge on any atom is 0.0610 e. The van der Waals surface area contributed by atoms with E-state index in [0.29, 0.717) is 5.92 Å². The minimum absolute atomic E-state index is 0.114. The fraction of sp³-hybridized carbons (Fsp3) is 1.00. The van der Waals surface area contributed by atoms with Crippen molar-refractivity contribution in [3.63, 3.8) is 0 Å². The summed E-state index contributed by atoms with van der Waals surface area (Å²) in [6.45, 7) is 15.4. The average molecular weight is 244 g/mol. The van der Waals surface area contributed by atoms with Crippen molar-refractivity contribution in [2.45, 2.75) is 53.0 Å². The molecule has 1 atom stereocenters. The summed E-state index contributed by atoms with van der Waals surface area (Å²) in [5.41, 5.74) is -0.114. The van der Waals surface area contributed by atoms with Gasteiger partial charge in [0.25, 0.3) is 0 Å². The number of hydrogen-bond donors (Lipinski definition) is 2. The molecule has 2 N–H and O–H groups in total. The van der Waals surface area contributed by atoms with E-state index in [1.807, 2.05) is 0 Å². The third kappa shape index (κ3) is 7.74. The SMILES string of the molecule is CCN(CC)CCNC(C)(CO)CCC(C)C. The Morgan fingerprint density at radius 1 is 1.24 bits per heavy atom. The van der Waals surface area contributed by atoms with E-state index in [9.17, 15) is 5.11 Å². The van der Waals surface area contributed by atoms with Crippen molar-refractivity contribution in [3.05, 3.63) is 0 Å². The number of hydrogen-bond acceptors (Lipinski definition) is 3. The molecule has 104 valence electrons. The van der Waals surface area contributed by atoms with Gasteiger partial charge in [0.15, 0.2) is 0 Å². The summed E-state index contributed by atoms with van der Waals surface area (Å²) in [6, 6.07) is 0. The van der Waals surface area contributed by atoms with Gasteiger partial charge < -0.3 is 15.3 Å². The molecule has 0 aliphatic carbocycles. The first-order chi connectivity index (χ1) is 7.97. The molecular formula is C14H32N2O. The average Bonchev–Trinajstić information content (AvgIpc) is 2.32. The van der Waals surface area contributed by atoms with Crippen LogP contribution in [0.3, 0.4) is 0 Å². The van der Waals surface area contributed by atoms with Crippen LogP contribution in [0, 0.1) is 5.92 Å². The summed E-state index contributed by atoms with van der Waals surface area (Å²) < 4.78 is 0. The number of aliphatic hydroxyl groups is 1. The fourth-order valence-corrected chi connectivity index (χ4v) is 1.89. The minimum Gasteiger partial charge on any atom is -0.394 e. The Balaban J connectivity index is 3.94. The Labute approximate surface area is 108 Å². The highest BCUT2D eigenvalue weighted by Gasteiger charge is 2.22. The molecule has 0 fully saturated rings. The number of aliphatic hydroxyl groups excluding tert-OH is 1. The lowest BCUT2D eigenvalue weighted by Crippen LogP contribution is -2.48. The number of rotatable bonds is 10. The van der Waals surface area contributed by atoms with Gasteiger partial charge in [-0.15, -0.1) is 0 Å². The Kier molecular flexibility index (Phi) is 8.83. The highest BCUT2D eigenvalue weighted by Crippen LogP contribution is 2.15. The first-order valence-corrected chi connectivity index (χ1v) is 7.05. The topological polar surface area (TPSA) is 35.5 Å². The first-order valence-electron chi connectivity index (χ1n) is 7.05. The van der Waals surface area contributed by atoms with Crippen molar-refractivity contribution in [2.24, 2.45) is 5.92 Å². The number of likely N-dealkylation sites (N-methyl/N-ethyl adjacent to an activating group) is 1. The lowest BCUT2D eigenvalue weighted by atomic mass is 9.92. The van der Waals surface area contributed by atoms with Gasteiger partial charge in [-0.25, -0.2) is 0 Å². The van der Waals surface area contributed by atoms with E-state index in [2.05, 4.69) is 44.8 Å². The number of nitrogens with zero attached hydrogens (tertiary/aromatic N) is 1. The van der Waals surface area contributed by atoms with Gasteiger partial charge in [-0.05, 0) is 38.8 Å². The van der Waals surface area contributed by atoms with E-state index in [-0.39, 0.29) is 12.1 Å². The molecule has 0 aromatic rings. The normalized spacial score (nSPS) is 15.5. The predicted octanol–water partition coefficient (Wildman–Crippen LogP) is 2.10. The van der Waals surface area contributed by atoms with Crippen molar-refractivity contribution < 1.29 is 5.11 Å². The zero-order valence-electron chi connectivity index (χ0n) is 12.4. The third-order valence-corrected chi connectivity index (χ3v) is 3.50. The van der Waals surface area contributed by atoms with Gasteiger partial charge in [0, 0.05) is 18.6 Å². The molecule has 0 radical (unpaired) electrons. The molecule has 0 aliphatic rings. The largest absolute Gasteiger partial charge is 0.394 e. The molecule has 0 aromatic carbocycles. The summed E-state index contributed by atoms with van der Waals surface area (Å²) in [4.78, 5) is 2.40. The standard InChI is InChI=1S/C14H32N2O/c1-6-16(7-2)11-10-15-14(5,12-17)9-8-13(3)4/h13,15,17H,6-12H2,1-5H3. The van der Waals surface area contributed by atoms with Crippen LogP contribution in [0.2, 0.25) is 0 Å². The van der Waals surface area contributed by atoms with E-state index in [0.717, 1.165) is 39.0 Å². The van der Waals surface area contributed by atoms with Crippen molar-refractivity contribution in [3.8, 4) is 0 Å². The van der Waals surface area contributed by atoms with Crippen LogP contribution in [0.4, 0.5) is 0 Å². The molecule has 0 spiro atoms. The molecule has 1 unspecified atom stereocenters. The van der Waals surface area contributed by atoms with E-state index in [1.54, 1.807) is 0 Å². The van der Waals surface area contributed by atoms with Crippen molar-refractivity contribution >= 4 is 0 Å². The van der Waals surface area contributed by atoms with Crippen LogP contribution < -0.4 is 5.32 Å². The Morgan fingerprint density at radius 3 is 2.24 bits per heavy atom. The van der Waals surface area contributed by atoms with Gasteiger partial charge in [0.2, 0.25) is 0 Å². The van der Waals surface area contributed by atoms with Crippen LogP contribution in [0.15, 0.2) is 0 Å². The van der Waals surface area contributed by atoms with Gasteiger partial charge in [0.1, 0.15) is 0 Å². The molecule has 0 rings (SSSR count). The quantitative estimate of drug-likeness (QED) is 0.618. The van der Waals surface area contributed by atoms with Crippen LogP contribution in [-0.2, 0) is 0 Å². The highest BCUT2D eigenvalue weighted by molar-refractivity contribution is 4.82. The summed E-state index contributed by atoms with van der Waals surface area (Å²) in [5.74, 6) is 0.699. The molecular weight excluding hydrogens is 212 g/mol. The summed E-state index contributed by atoms with van der Waals surface area (Å²) in [6.07, 6.45) is 2.20. The van der Waals surface area contributed by atoms with Crippen LogP contribution in [0.25, 0.3) is 0 Å². The predicted molar refractivity (Wildman–Crippen MR) is 75.4 cm³/mol. The van der Waals surface area contributed by atoms with Crippen molar-refractivity contribution in [2.75, 3.05) is 32.8 Å². The summed E-state index contributed by atoms with van der Waals surface area (Å²) >= 11 is 0. The van der Waals surface area contributed by atoms with Crippen LogP contribution in [-0.4, -0.2) is 48.3 Å². The lowest BCUT2D eigenvalue weighted by molar-refractivity contribution is 0.154. The Morgan fingerprint density at radius 2 is 1.82 bits per heavy atom. The fourth-order valence-electron chi connectivity index (χ4n) is 1.89. The molecule has 0 aliphatic heterocycles. The first kappa shape index (κ1) is 16.9. The molecule has 0 heterocycles. The molecule has 0 saturated carbocycles. The highest BCUT2D eigenvalue weighted by atomic mass is 16.3. The van der Waals surface area contributed by atoms with E-state index >= 15 is 0 Å². The number of nitrogens with one attached hydrogen (secondary N) is 1. The van der Waals surface area contributed by atoms with Crippen LogP contribution in [0.5, 0.6) is 0 Å². The molecule has 17 heavy (non-hydrogen) atoms. The molecule has 3 heteroatoms. The summed E-state index contributed by atoms with van der Waals surface area (Å²) in [7, 11) is 0. The second-order valence-corrected chi connectivity index (χ2v) is 5.60. The lowest BCUT2D eigenvalue weighted by Gasteiger charge is -2.31.